The maximum atomic E-state index is 12.8. The molecule has 1 heterocycles. The molecule has 0 spiro atoms. The Morgan fingerprint density at radius 2 is 1.56 bits per heavy atom. The second-order valence-electron chi connectivity index (χ2n) is 8.32. The molecule has 34 heavy (non-hydrogen) atoms. The molecular formula is C27H26N2O4S. The normalized spacial score (nSPS) is 11.4. The Hall–Kier alpha value is -3.71. The van der Waals surface area contributed by atoms with Crippen LogP contribution in [-0.2, 0) is 22.1 Å². The second kappa shape index (κ2) is 9.65. The van der Waals surface area contributed by atoms with Crippen molar-refractivity contribution in [3.63, 3.8) is 0 Å². The van der Waals surface area contributed by atoms with Crippen LogP contribution in [0.1, 0.15) is 32.9 Å². The van der Waals surface area contributed by atoms with Gasteiger partial charge in [-0.3, -0.25) is 4.79 Å². The van der Waals surface area contributed by atoms with Crippen LogP contribution in [0.4, 0.5) is 0 Å². The lowest BCUT2D eigenvalue weighted by atomic mass is 10.1. The topological polar surface area (TPSA) is 80.5 Å². The molecule has 0 aliphatic heterocycles. The number of aryl methyl sites for hydroxylation is 2. The molecule has 1 aromatic heterocycles. The van der Waals surface area contributed by atoms with E-state index in [0.29, 0.717) is 35.0 Å². The van der Waals surface area contributed by atoms with E-state index in [1.807, 2.05) is 37.3 Å². The molecule has 0 saturated heterocycles. The van der Waals surface area contributed by atoms with Crippen molar-refractivity contribution in [1.82, 2.24) is 9.88 Å². The van der Waals surface area contributed by atoms with Gasteiger partial charge < -0.3 is 9.32 Å². The van der Waals surface area contributed by atoms with Gasteiger partial charge in [0.25, 0.3) is 5.91 Å². The van der Waals surface area contributed by atoms with Gasteiger partial charge in [-0.2, -0.15) is 0 Å². The molecule has 0 bridgehead atoms. The van der Waals surface area contributed by atoms with E-state index in [0.717, 1.165) is 11.1 Å². The molecule has 0 aliphatic carbocycles. The third kappa shape index (κ3) is 5.26. The Morgan fingerprint density at radius 1 is 0.912 bits per heavy atom. The molecule has 4 aromatic rings. The molecule has 1 amide bonds. The summed E-state index contributed by atoms with van der Waals surface area (Å²) in [6.07, 6.45) is 0. The number of amides is 1. The smallest absolute Gasteiger partial charge is 0.253 e. The lowest BCUT2D eigenvalue weighted by molar-refractivity contribution is 0.0785. The number of oxazole rings is 1. The number of nitrogens with zero attached hydrogens (tertiary/aromatic N) is 2. The molecule has 0 fully saturated rings. The largest absolute Gasteiger partial charge is 0.441 e. The summed E-state index contributed by atoms with van der Waals surface area (Å²) in [6, 6.07) is 23.5. The predicted octanol–water partition coefficient (Wildman–Crippen LogP) is 5.20. The van der Waals surface area contributed by atoms with Gasteiger partial charge in [-0.15, -0.1) is 0 Å². The first-order valence-electron chi connectivity index (χ1n) is 10.9. The van der Waals surface area contributed by atoms with Crippen molar-refractivity contribution < 1.29 is 17.6 Å². The van der Waals surface area contributed by atoms with Gasteiger partial charge in [-0.1, -0.05) is 48.0 Å². The third-order valence-corrected chi connectivity index (χ3v) is 7.23. The average Bonchev–Trinajstić information content (AvgIpc) is 3.19. The SMILES string of the molecule is Cc1ccc(S(=O)(=O)Cc2nc(-c3ccc(C(=O)N(C)Cc4ccccc4)cc3)oc2C)cc1. The minimum atomic E-state index is -3.55. The molecule has 0 radical (unpaired) electrons. The highest BCUT2D eigenvalue weighted by Crippen LogP contribution is 2.25. The van der Waals surface area contributed by atoms with E-state index in [9.17, 15) is 13.2 Å². The monoisotopic (exact) mass is 474 g/mol. The van der Waals surface area contributed by atoms with Crippen LogP contribution in [0.2, 0.25) is 0 Å². The number of hydrogen-bond donors (Lipinski definition) is 0. The standard InChI is InChI=1S/C27H26N2O4S/c1-19-9-15-24(16-10-19)34(31,32)18-25-20(2)33-26(28-25)22-11-13-23(14-12-22)27(30)29(3)17-21-7-5-4-6-8-21/h4-16H,17-18H2,1-3H3. The predicted molar refractivity (Wildman–Crippen MR) is 131 cm³/mol. The minimum absolute atomic E-state index is 0.0936. The second-order valence-corrected chi connectivity index (χ2v) is 10.3. The molecule has 0 aliphatic rings. The Labute approximate surface area is 199 Å². The number of rotatable bonds is 7. The first kappa shape index (κ1) is 23.4. The molecule has 7 heteroatoms. The van der Waals surface area contributed by atoms with Crippen LogP contribution < -0.4 is 0 Å². The van der Waals surface area contributed by atoms with Gasteiger partial charge in [0.05, 0.1) is 10.6 Å². The fourth-order valence-corrected chi connectivity index (χ4v) is 4.94. The zero-order chi connectivity index (χ0) is 24.3. The average molecular weight is 475 g/mol. The summed E-state index contributed by atoms with van der Waals surface area (Å²) in [6.45, 7) is 4.12. The number of sulfone groups is 1. The highest BCUT2D eigenvalue weighted by Gasteiger charge is 2.21. The van der Waals surface area contributed by atoms with Crippen LogP contribution in [0.5, 0.6) is 0 Å². The van der Waals surface area contributed by atoms with Crippen LogP contribution in [0.25, 0.3) is 11.5 Å². The Morgan fingerprint density at radius 3 is 2.21 bits per heavy atom. The van der Waals surface area contributed by atoms with E-state index >= 15 is 0 Å². The van der Waals surface area contributed by atoms with Gasteiger partial charge in [0, 0.05) is 24.7 Å². The Kier molecular flexibility index (Phi) is 6.65. The molecule has 3 aromatic carbocycles. The first-order valence-corrected chi connectivity index (χ1v) is 12.5. The zero-order valence-corrected chi connectivity index (χ0v) is 20.2. The van der Waals surface area contributed by atoms with Crippen molar-refractivity contribution in [2.24, 2.45) is 0 Å². The number of benzene rings is 3. The van der Waals surface area contributed by atoms with E-state index < -0.39 is 9.84 Å². The van der Waals surface area contributed by atoms with Crippen molar-refractivity contribution in [1.29, 1.82) is 0 Å². The zero-order valence-electron chi connectivity index (χ0n) is 19.4. The first-order chi connectivity index (χ1) is 16.2. The molecule has 0 N–H and O–H groups in total. The Bertz CT molecular complexity index is 1390. The van der Waals surface area contributed by atoms with E-state index in [1.165, 1.54) is 0 Å². The van der Waals surface area contributed by atoms with E-state index in [4.69, 9.17) is 4.42 Å². The molecule has 174 valence electrons. The molecular weight excluding hydrogens is 448 g/mol. The summed E-state index contributed by atoms with van der Waals surface area (Å²) in [5, 5.41) is 0. The van der Waals surface area contributed by atoms with E-state index in [-0.39, 0.29) is 16.6 Å². The van der Waals surface area contributed by atoms with Crippen molar-refractivity contribution in [2.75, 3.05) is 7.05 Å². The maximum Gasteiger partial charge on any atom is 0.253 e. The summed E-state index contributed by atoms with van der Waals surface area (Å²) < 4.78 is 31.4. The number of carbonyl (C=O) groups is 1. The van der Waals surface area contributed by atoms with Gasteiger partial charge in [0.1, 0.15) is 11.5 Å². The highest BCUT2D eigenvalue weighted by molar-refractivity contribution is 7.90. The minimum Gasteiger partial charge on any atom is -0.441 e. The number of aromatic nitrogens is 1. The van der Waals surface area contributed by atoms with Gasteiger partial charge in [0.15, 0.2) is 9.84 Å². The quantitative estimate of drug-likeness (QED) is 0.368. The van der Waals surface area contributed by atoms with Gasteiger partial charge in [-0.25, -0.2) is 13.4 Å². The van der Waals surface area contributed by atoms with Crippen LogP contribution in [0.3, 0.4) is 0 Å². The van der Waals surface area contributed by atoms with Gasteiger partial charge >= 0.3 is 0 Å². The maximum absolute atomic E-state index is 12.8. The molecule has 0 atom stereocenters. The summed E-state index contributed by atoms with van der Waals surface area (Å²) in [7, 11) is -1.78. The number of carbonyl (C=O) groups excluding carboxylic acids is 1. The lowest BCUT2D eigenvalue weighted by Gasteiger charge is -2.17. The lowest BCUT2D eigenvalue weighted by Crippen LogP contribution is -2.26. The highest BCUT2D eigenvalue weighted by atomic mass is 32.2. The van der Waals surface area contributed by atoms with Crippen molar-refractivity contribution >= 4 is 15.7 Å². The third-order valence-electron chi connectivity index (χ3n) is 5.59. The summed E-state index contributed by atoms with van der Waals surface area (Å²) in [4.78, 5) is 19.1. The van der Waals surface area contributed by atoms with Crippen molar-refractivity contribution in [3.8, 4) is 11.5 Å². The summed E-state index contributed by atoms with van der Waals surface area (Å²) >= 11 is 0. The molecule has 0 unspecified atom stereocenters. The fraction of sp³-hybridized carbons (Fsp3) is 0.185. The van der Waals surface area contributed by atoms with Crippen LogP contribution >= 0.6 is 0 Å². The van der Waals surface area contributed by atoms with Crippen molar-refractivity contribution in [2.45, 2.75) is 31.0 Å². The van der Waals surface area contributed by atoms with Crippen molar-refractivity contribution in [3.05, 3.63) is 107 Å². The fourth-order valence-electron chi connectivity index (χ4n) is 3.60. The van der Waals surface area contributed by atoms with E-state index in [1.54, 1.807) is 67.4 Å². The summed E-state index contributed by atoms with van der Waals surface area (Å²) in [5.41, 5.74) is 3.64. The number of hydrogen-bond acceptors (Lipinski definition) is 5. The molecule has 6 nitrogen and oxygen atoms in total. The Balaban J connectivity index is 1.48. The summed E-state index contributed by atoms with van der Waals surface area (Å²) in [5.74, 6) is 0.437. The van der Waals surface area contributed by atoms with E-state index in [2.05, 4.69) is 4.98 Å². The molecule has 0 saturated carbocycles. The van der Waals surface area contributed by atoms with Crippen LogP contribution in [0, 0.1) is 13.8 Å². The van der Waals surface area contributed by atoms with Crippen LogP contribution in [0.15, 0.2) is 88.2 Å². The van der Waals surface area contributed by atoms with Crippen LogP contribution in [-0.4, -0.2) is 31.3 Å². The van der Waals surface area contributed by atoms with Gasteiger partial charge in [-0.05, 0) is 55.8 Å². The van der Waals surface area contributed by atoms with Gasteiger partial charge in [0.2, 0.25) is 5.89 Å². The molecule has 4 rings (SSSR count).